The van der Waals surface area contributed by atoms with E-state index in [1.54, 1.807) is 10.9 Å². The highest BCUT2D eigenvalue weighted by atomic mass is 16.3. The van der Waals surface area contributed by atoms with Gasteiger partial charge in [-0.05, 0) is 5.56 Å². The van der Waals surface area contributed by atoms with Gasteiger partial charge in [0, 0.05) is 11.8 Å². The molecule has 2 aromatic rings. The van der Waals surface area contributed by atoms with Gasteiger partial charge in [-0.15, -0.1) is 0 Å². The first-order valence-corrected chi connectivity index (χ1v) is 5.14. The summed E-state index contributed by atoms with van der Waals surface area (Å²) in [7, 11) is 0. The van der Waals surface area contributed by atoms with Crippen molar-refractivity contribution in [1.82, 2.24) is 9.78 Å². The standard InChI is InChI=1S/C12H14N2O2/c15-8-11-7-14(13-12(11)9-16)6-10-4-2-1-3-5-10/h1-5,7,15-16H,6,8-9H2. The lowest BCUT2D eigenvalue weighted by molar-refractivity contribution is 0.257. The third kappa shape index (κ3) is 2.29. The van der Waals surface area contributed by atoms with Gasteiger partial charge >= 0.3 is 0 Å². The van der Waals surface area contributed by atoms with Gasteiger partial charge in [0.1, 0.15) is 0 Å². The summed E-state index contributed by atoms with van der Waals surface area (Å²) in [5.74, 6) is 0. The Hall–Kier alpha value is -1.65. The Morgan fingerprint density at radius 3 is 2.38 bits per heavy atom. The highest BCUT2D eigenvalue weighted by Crippen LogP contribution is 2.09. The van der Waals surface area contributed by atoms with Crippen LogP contribution in [0.5, 0.6) is 0 Å². The molecule has 0 aliphatic carbocycles. The Morgan fingerprint density at radius 2 is 1.81 bits per heavy atom. The molecule has 4 heteroatoms. The summed E-state index contributed by atoms with van der Waals surface area (Å²) >= 11 is 0. The Labute approximate surface area is 93.8 Å². The molecule has 84 valence electrons. The van der Waals surface area contributed by atoms with Crippen molar-refractivity contribution in [2.75, 3.05) is 0 Å². The third-order valence-electron chi connectivity index (χ3n) is 2.43. The van der Waals surface area contributed by atoms with Gasteiger partial charge in [-0.3, -0.25) is 4.68 Å². The lowest BCUT2D eigenvalue weighted by atomic mass is 10.2. The van der Waals surface area contributed by atoms with Gasteiger partial charge in [-0.25, -0.2) is 0 Å². The largest absolute Gasteiger partial charge is 0.392 e. The van der Waals surface area contributed by atoms with Crippen LogP contribution < -0.4 is 0 Å². The fraction of sp³-hybridized carbons (Fsp3) is 0.250. The summed E-state index contributed by atoms with van der Waals surface area (Å²) < 4.78 is 1.73. The number of hydrogen-bond donors (Lipinski definition) is 2. The van der Waals surface area contributed by atoms with E-state index in [9.17, 15) is 0 Å². The van der Waals surface area contributed by atoms with Gasteiger partial charge in [-0.2, -0.15) is 5.10 Å². The minimum absolute atomic E-state index is 0.0926. The molecule has 2 rings (SSSR count). The number of aliphatic hydroxyl groups is 2. The zero-order valence-corrected chi connectivity index (χ0v) is 8.87. The van der Waals surface area contributed by atoms with Gasteiger partial charge < -0.3 is 10.2 Å². The number of benzene rings is 1. The molecule has 0 bridgehead atoms. The Kier molecular flexibility index (Phi) is 3.34. The first kappa shape index (κ1) is 10.9. The Morgan fingerprint density at radius 1 is 1.06 bits per heavy atom. The summed E-state index contributed by atoms with van der Waals surface area (Å²) in [6.07, 6.45) is 1.76. The maximum atomic E-state index is 9.06. The molecule has 0 saturated carbocycles. The van der Waals surface area contributed by atoms with Gasteiger partial charge in [-0.1, -0.05) is 30.3 Å². The van der Waals surface area contributed by atoms with E-state index in [-0.39, 0.29) is 13.2 Å². The van der Waals surface area contributed by atoms with E-state index < -0.39 is 0 Å². The van der Waals surface area contributed by atoms with Crippen molar-refractivity contribution in [3.05, 3.63) is 53.3 Å². The molecule has 0 aliphatic rings. The monoisotopic (exact) mass is 218 g/mol. The number of nitrogens with zero attached hydrogens (tertiary/aromatic N) is 2. The molecule has 0 unspecified atom stereocenters. The van der Waals surface area contributed by atoms with Crippen LogP contribution in [0.25, 0.3) is 0 Å². The molecular formula is C12H14N2O2. The lowest BCUT2D eigenvalue weighted by Gasteiger charge is -2.00. The van der Waals surface area contributed by atoms with Crippen molar-refractivity contribution in [1.29, 1.82) is 0 Å². The maximum Gasteiger partial charge on any atom is 0.0934 e. The second kappa shape index (κ2) is 4.92. The molecule has 2 N–H and O–H groups in total. The quantitative estimate of drug-likeness (QED) is 0.802. The molecule has 1 heterocycles. The fourth-order valence-electron chi connectivity index (χ4n) is 1.62. The summed E-state index contributed by atoms with van der Waals surface area (Å²) in [4.78, 5) is 0. The fourth-order valence-corrected chi connectivity index (χ4v) is 1.62. The molecule has 1 aromatic carbocycles. The van der Waals surface area contributed by atoms with Crippen molar-refractivity contribution >= 4 is 0 Å². The molecule has 0 atom stereocenters. The molecule has 0 spiro atoms. The van der Waals surface area contributed by atoms with E-state index in [1.807, 2.05) is 30.3 Å². The molecule has 4 nitrogen and oxygen atoms in total. The Balaban J connectivity index is 2.19. The summed E-state index contributed by atoms with van der Waals surface area (Å²) in [6.45, 7) is 0.413. The molecule has 1 aromatic heterocycles. The highest BCUT2D eigenvalue weighted by Gasteiger charge is 2.06. The first-order valence-electron chi connectivity index (χ1n) is 5.14. The van der Waals surface area contributed by atoms with Crippen LogP contribution in [0.15, 0.2) is 36.5 Å². The zero-order chi connectivity index (χ0) is 11.4. The molecule has 0 amide bonds. The smallest absolute Gasteiger partial charge is 0.0934 e. The van der Waals surface area contributed by atoms with Crippen LogP contribution in [0, 0.1) is 0 Å². The van der Waals surface area contributed by atoms with Gasteiger partial charge in [0.15, 0.2) is 0 Å². The van der Waals surface area contributed by atoms with E-state index in [4.69, 9.17) is 10.2 Å². The van der Waals surface area contributed by atoms with E-state index in [0.717, 1.165) is 5.56 Å². The number of aliphatic hydroxyl groups excluding tert-OH is 2. The van der Waals surface area contributed by atoms with E-state index in [2.05, 4.69) is 5.10 Å². The van der Waals surface area contributed by atoms with Crippen LogP contribution in [-0.2, 0) is 19.8 Å². The first-order chi connectivity index (χ1) is 7.83. The van der Waals surface area contributed by atoms with Crippen molar-refractivity contribution in [3.8, 4) is 0 Å². The highest BCUT2D eigenvalue weighted by molar-refractivity contribution is 5.18. The van der Waals surface area contributed by atoms with Gasteiger partial charge in [0.05, 0.1) is 25.5 Å². The van der Waals surface area contributed by atoms with Crippen molar-refractivity contribution in [2.45, 2.75) is 19.8 Å². The van der Waals surface area contributed by atoms with Crippen LogP contribution >= 0.6 is 0 Å². The Bertz CT molecular complexity index is 430. The number of aromatic nitrogens is 2. The second-order valence-corrected chi connectivity index (χ2v) is 3.60. The maximum absolute atomic E-state index is 9.06. The predicted octanol–water partition coefficient (Wildman–Crippen LogP) is 0.916. The molecule has 0 saturated heterocycles. The third-order valence-corrected chi connectivity index (χ3v) is 2.43. The van der Waals surface area contributed by atoms with Crippen LogP contribution in [0.2, 0.25) is 0 Å². The van der Waals surface area contributed by atoms with Gasteiger partial charge in [0.25, 0.3) is 0 Å². The minimum Gasteiger partial charge on any atom is -0.392 e. The van der Waals surface area contributed by atoms with E-state index in [1.165, 1.54) is 0 Å². The summed E-state index contributed by atoms with van der Waals surface area (Å²) in [5, 5.41) is 22.3. The number of rotatable bonds is 4. The van der Waals surface area contributed by atoms with Crippen LogP contribution in [-0.4, -0.2) is 20.0 Å². The average Bonchev–Trinajstić information content (AvgIpc) is 2.72. The topological polar surface area (TPSA) is 58.3 Å². The second-order valence-electron chi connectivity index (χ2n) is 3.60. The molecule has 0 aliphatic heterocycles. The molecule has 16 heavy (non-hydrogen) atoms. The van der Waals surface area contributed by atoms with Crippen molar-refractivity contribution in [2.24, 2.45) is 0 Å². The van der Waals surface area contributed by atoms with Crippen LogP contribution in [0.4, 0.5) is 0 Å². The average molecular weight is 218 g/mol. The van der Waals surface area contributed by atoms with Crippen molar-refractivity contribution < 1.29 is 10.2 Å². The zero-order valence-electron chi connectivity index (χ0n) is 8.87. The van der Waals surface area contributed by atoms with E-state index >= 15 is 0 Å². The SMILES string of the molecule is OCc1cn(Cc2ccccc2)nc1CO. The van der Waals surface area contributed by atoms with E-state index in [0.29, 0.717) is 17.8 Å². The van der Waals surface area contributed by atoms with Crippen LogP contribution in [0.3, 0.4) is 0 Å². The lowest BCUT2D eigenvalue weighted by Crippen LogP contribution is -2.00. The molecular weight excluding hydrogens is 204 g/mol. The summed E-state index contributed by atoms with van der Waals surface area (Å²) in [5.41, 5.74) is 2.36. The molecule has 0 fully saturated rings. The van der Waals surface area contributed by atoms with Crippen LogP contribution in [0.1, 0.15) is 16.8 Å². The van der Waals surface area contributed by atoms with Gasteiger partial charge in [0.2, 0.25) is 0 Å². The normalized spacial score (nSPS) is 10.6. The van der Waals surface area contributed by atoms with Crippen molar-refractivity contribution in [3.63, 3.8) is 0 Å². The molecule has 0 radical (unpaired) electrons. The minimum atomic E-state index is -0.141. The summed E-state index contributed by atoms with van der Waals surface area (Å²) in [6, 6.07) is 9.93. The predicted molar refractivity (Wildman–Crippen MR) is 59.6 cm³/mol. The number of hydrogen-bond acceptors (Lipinski definition) is 3.